The maximum atomic E-state index is 12.3. The van der Waals surface area contributed by atoms with E-state index in [0.717, 1.165) is 0 Å². The van der Waals surface area contributed by atoms with E-state index in [1.165, 1.54) is 30.8 Å². The van der Waals surface area contributed by atoms with Gasteiger partial charge in [0.1, 0.15) is 6.04 Å². The van der Waals surface area contributed by atoms with E-state index < -0.39 is 34.0 Å². The third-order valence-corrected chi connectivity index (χ3v) is 5.07. The van der Waals surface area contributed by atoms with E-state index in [1.54, 1.807) is 18.2 Å². The zero-order valence-corrected chi connectivity index (χ0v) is 14.5. The van der Waals surface area contributed by atoms with E-state index in [1.807, 2.05) is 6.26 Å². The van der Waals surface area contributed by atoms with Gasteiger partial charge in [0.15, 0.2) is 6.10 Å². The minimum absolute atomic E-state index is 0.0462. The molecule has 23 heavy (non-hydrogen) atoms. The van der Waals surface area contributed by atoms with Crippen LogP contribution in [0, 0.1) is 0 Å². The van der Waals surface area contributed by atoms with Gasteiger partial charge in [-0.1, -0.05) is 18.2 Å². The summed E-state index contributed by atoms with van der Waals surface area (Å²) in [6.45, 7) is 1.33. The maximum absolute atomic E-state index is 12.3. The average molecular weight is 360 g/mol. The standard InChI is InChI=1S/C14H20N2O5S2/c1-10(13(15)17)21-14(18)12(8-9-22-2)16-23(19,20)11-6-4-3-5-7-11/h3-7,10,12,16H,8-9H2,1-2H3,(H2,15,17). The lowest BCUT2D eigenvalue weighted by Gasteiger charge is -2.19. The molecule has 7 nitrogen and oxygen atoms in total. The Balaban J connectivity index is 2.89. The fourth-order valence-electron chi connectivity index (χ4n) is 1.63. The molecule has 0 saturated heterocycles. The summed E-state index contributed by atoms with van der Waals surface area (Å²) in [4.78, 5) is 23.1. The van der Waals surface area contributed by atoms with Crippen molar-refractivity contribution in [1.82, 2.24) is 4.72 Å². The molecule has 0 aliphatic rings. The molecular weight excluding hydrogens is 340 g/mol. The van der Waals surface area contributed by atoms with Gasteiger partial charge in [0, 0.05) is 0 Å². The first kappa shape index (κ1) is 19.5. The summed E-state index contributed by atoms with van der Waals surface area (Å²) in [6, 6.07) is 6.61. The number of rotatable bonds is 9. The molecule has 2 atom stereocenters. The van der Waals surface area contributed by atoms with Crippen LogP contribution < -0.4 is 10.5 Å². The van der Waals surface area contributed by atoms with Crippen molar-refractivity contribution < 1.29 is 22.7 Å². The molecule has 0 bridgehead atoms. The first-order chi connectivity index (χ1) is 10.8. The highest BCUT2D eigenvalue weighted by molar-refractivity contribution is 7.98. The Labute approximate surface area is 140 Å². The van der Waals surface area contributed by atoms with E-state index in [2.05, 4.69) is 4.72 Å². The Hall–Kier alpha value is -1.58. The second-order valence-corrected chi connectivity index (χ2v) is 7.45. The Morgan fingerprint density at radius 3 is 2.43 bits per heavy atom. The van der Waals surface area contributed by atoms with Gasteiger partial charge < -0.3 is 10.5 Å². The number of carbonyl (C=O) groups is 2. The summed E-state index contributed by atoms with van der Waals surface area (Å²) in [6.07, 6.45) is 0.943. The first-order valence-electron chi connectivity index (χ1n) is 6.84. The van der Waals surface area contributed by atoms with E-state index in [4.69, 9.17) is 10.5 Å². The number of nitrogens with one attached hydrogen (secondary N) is 1. The molecule has 3 N–H and O–H groups in total. The van der Waals surface area contributed by atoms with E-state index in [9.17, 15) is 18.0 Å². The van der Waals surface area contributed by atoms with Crippen molar-refractivity contribution in [2.45, 2.75) is 30.4 Å². The van der Waals surface area contributed by atoms with E-state index >= 15 is 0 Å². The highest BCUT2D eigenvalue weighted by Gasteiger charge is 2.28. The monoisotopic (exact) mass is 360 g/mol. The molecule has 0 aliphatic heterocycles. The smallest absolute Gasteiger partial charge is 0.324 e. The number of carbonyl (C=O) groups excluding carboxylic acids is 2. The molecule has 1 rings (SSSR count). The lowest BCUT2D eigenvalue weighted by atomic mass is 10.2. The Morgan fingerprint density at radius 2 is 1.91 bits per heavy atom. The molecule has 0 aromatic heterocycles. The summed E-state index contributed by atoms with van der Waals surface area (Å²) in [5.74, 6) is -1.08. The van der Waals surface area contributed by atoms with Gasteiger partial charge in [-0.25, -0.2) is 8.42 Å². The Bertz CT molecular complexity index is 634. The molecule has 1 amide bonds. The number of ether oxygens (including phenoxy) is 1. The lowest BCUT2D eigenvalue weighted by Crippen LogP contribution is -2.44. The third kappa shape index (κ3) is 6.20. The summed E-state index contributed by atoms with van der Waals surface area (Å²) < 4.78 is 31.8. The van der Waals surface area contributed by atoms with Gasteiger partial charge in [-0.3, -0.25) is 9.59 Å². The van der Waals surface area contributed by atoms with Gasteiger partial charge in [-0.2, -0.15) is 16.5 Å². The number of sulfonamides is 1. The topological polar surface area (TPSA) is 116 Å². The average Bonchev–Trinajstić information content (AvgIpc) is 2.51. The Kier molecular flexibility index (Phi) is 7.53. The van der Waals surface area contributed by atoms with E-state index in [-0.39, 0.29) is 11.3 Å². The second kappa shape index (κ2) is 8.90. The summed E-state index contributed by atoms with van der Waals surface area (Å²) in [5, 5.41) is 0. The number of nitrogens with two attached hydrogens (primary N) is 1. The molecule has 2 unspecified atom stereocenters. The number of thioether (sulfide) groups is 1. The number of hydrogen-bond donors (Lipinski definition) is 2. The van der Waals surface area contributed by atoms with Crippen LogP contribution in [0.5, 0.6) is 0 Å². The van der Waals surface area contributed by atoms with Crippen LogP contribution in [0.1, 0.15) is 13.3 Å². The van der Waals surface area contributed by atoms with Crippen molar-refractivity contribution in [1.29, 1.82) is 0 Å². The van der Waals surface area contributed by atoms with Crippen LogP contribution in [0.15, 0.2) is 35.2 Å². The number of esters is 1. The zero-order valence-electron chi connectivity index (χ0n) is 12.9. The first-order valence-corrected chi connectivity index (χ1v) is 9.71. The van der Waals surface area contributed by atoms with Crippen LogP contribution in [0.4, 0.5) is 0 Å². The van der Waals surface area contributed by atoms with Crippen molar-refractivity contribution in [3.05, 3.63) is 30.3 Å². The van der Waals surface area contributed by atoms with Crippen molar-refractivity contribution in [2.24, 2.45) is 5.73 Å². The molecule has 9 heteroatoms. The second-order valence-electron chi connectivity index (χ2n) is 4.75. The predicted octanol–water partition coefficient (Wildman–Crippen LogP) is 0.504. The highest BCUT2D eigenvalue weighted by atomic mass is 32.2. The summed E-state index contributed by atoms with van der Waals surface area (Å²) in [7, 11) is -3.87. The predicted molar refractivity (Wildman–Crippen MR) is 88.3 cm³/mol. The van der Waals surface area contributed by atoms with Crippen LogP contribution in [0.2, 0.25) is 0 Å². The molecule has 0 fully saturated rings. The summed E-state index contributed by atoms with van der Waals surface area (Å²) in [5.41, 5.74) is 5.04. The normalized spacial score (nSPS) is 14.0. The van der Waals surface area contributed by atoms with Crippen molar-refractivity contribution in [2.75, 3.05) is 12.0 Å². The quantitative estimate of drug-likeness (QED) is 0.620. The van der Waals surface area contributed by atoms with Gasteiger partial charge in [0.05, 0.1) is 4.90 Å². The van der Waals surface area contributed by atoms with Crippen LogP contribution >= 0.6 is 11.8 Å². The van der Waals surface area contributed by atoms with Crippen molar-refractivity contribution >= 4 is 33.7 Å². The maximum Gasteiger partial charge on any atom is 0.324 e. The van der Waals surface area contributed by atoms with Gasteiger partial charge >= 0.3 is 5.97 Å². The number of benzene rings is 1. The fourth-order valence-corrected chi connectivity index (χ4v) is 3.34. The Morgan fingerprint density at radius 1 is 1.30 bits per heavy atom. The largest absolute Gasteiger partial charge is 0.451 e. The zero-order chi connectivity index (χ0) is 17.5. The number of primary amides is 1. The lowest BCUT2D eigenvalue weighted by molar-refractivity contribution is -0.155. The van der Waals surface area contributed by atoms with Gasteiger partial charge in [0.25, 0.3) is 5.91 Å². The molecule has 0 spiro atoms. The minimum Gasteiger partial charge on any atom is -0.451 e. The minimum atomic E-state index is -3.87. The van der Waals surface area contributed by atoms with Crippen LogP contribution in [0.3, 0.4) is 0 Å². The van der Waals surface area contributed by atoms with Gasteiger partial charge in [-0.05, 0) is 37.5 Å². The SMILES string of the molecule is CSCCC(NS(=O)(=O)c1ccccc1)C(=O)OC(C)C(N)=O. The molecule has 0 aliphatic carbocycles. The number of hydrogen-bond acceptors (Lipinski definition) is 6. The molecule has 0 heterocycles. The molecule has 1 aromatic carbocycles. The van der Waals surface area contributed by atoms with Crippen molar-refractivity contribution in [3.63, 3.8) is 0 Å². The molecule has 128 valence electrons. The van der Waals surface area contributed by atoms with Crippen molar-refractivity contribution in [3.8, 4) is 0 Å². The van der Waals surface area contributed by atoms with Crippen LogP contribution in [-0.2, 0) is 24.3 Å². The third-order valence-electron chi connectivity index (χ3n) is 2.94. The molecule has 0 radical (unpaired) electrons. The van der Waals surface area contributed by atoms with Gasteiger partial charge in [0.2, 0.25) is 10.0 Å². The molecular formula is C14H20N2O5S2. The van der Waals surface area contributed by atoms with E-state index in [0.29, 0.717) is 5.75 Å². The molecule has 1 aromatic rings. The summed E-state index contributed by atoms with van der Waals surface area (Å²) >= 11 is 1.46. The number of amides is 1. The fraction of sp³-hybridized carbons (Fsp3) is 0.429. The van der Waals surface area contributed by atoms with Crippen LogP contribution in [0.25, 0.3) is 0 Å². The van der Waals surface area contributed by atoms with Gasteiger partial charge in [-0.15, -0.1) is 0 Å². The molecule has 0 saturated carbocycles. The highest BCUT2D eigenvalue weighted by Crippen LogP contribution is 2.11. The van der Waals surface area contributed by atoms with Crippen LogP contribution in [-0.4, -0.2) is 44.4 Å².